The van der Waals surface area contributed by atoms with Crippen molar-refractivity contribution >= 4 is 11.9 Å². The lowest BCUT2D eigenvalue weighted by Crippen LogP contribution is -2.44. The number of aromatic nitrogens is 2. The summed E-state index contributed by atoms with van der Waals surface area (Å²) >= 11 is 0. The minimum Gasteiger partial charge on any atom is -0.480 e. The highest BCUT2D eigenvalue weighted by Crippen LogP contribution is 2.16. The molecule has 2 N–H and O–H groups in total. The second kappa shape index (κ2) is 6.84. The standard InChI is InChI=1S/C15H17N3O4/c1-3-9(2)13(15(20)21)17-14(19)12-8-11(18-22-12)10-6-4-5-7-16-10/h4-9,13H,3H2,1-2H3,(H,17,19)(H,20,21)/t9-,13-/m0/s1. The number of carbonyl (C=O) groups excluding carboxylic acids is 1. The van der Waals surface area contributed by atoms with Gasteiger partial charge >= 0.3 is 5.97 Å². The van der Waals surface area contributed by atoms with Crippen molar-refractivity contribution in [1.29, 1.82) is 0 Å². The lowest BCUT2D eigenvalue weighted by atomic mass is 9.99. The van der Waals surface area contributed by atoms with Crippen LogP contribution in [0.3, 0.4) is 0 Å². The molecule has 2 atom stereocenters. The second-order valence-corrected chi connectivity index (χ2v) is 4.97. The average Bonchev–Trinajstić information content (AvgIpc) is 3.02. The van der Waals surface area contributed by atoms with Crippen molar-refractivity contribution < 1.29 is 19.2 Å². The highest BCUT2D eigenvalue weighted by molar-refractivity contribution is 5.95. The highest BCUT2D eigenvalue weighted by atomic mass is 16.5. The molecule has 0 aliphatic heterocycles. The van der Waals surface area contributed by atoms with Gasteiger partial charge in [-0.2, -0.15) is 0 Å². The summed E-state index contributed by atoms with van der Waals surface area (Å²) < 4.78 is 4.98. The quantitative estimate of drug-likeness (QED) is 0.845. The number of pyridine rings is 1. The van der Waals surface area contributed by atoms with Crippen LogP contribution in [0.2, 0.25) is 0 Å². The number of hydrogen-bond donors (Lipinski definition) is 2. The molecule has 0 bridgehead atoms. The highest BCUT2D eigenvalue weighted by Gasteiger charge is 2.27. The molecule has 0 saturated carbocycles. The van der Waals surface area contributed by atoms with E-state index in [1.54, 1.807) is 31.3 Å². The molecule has 7 heteroatoms. The molecule has 2 rings (SSSR count). The molecular weight excluding hydrogens is 286 g/mol. The summed E-state index contributed by atoms with van der Waals surface area (Å²) in [6.07, 6.45) is 2.24. The number of rotatable bonds is 6. The van der Waals surface area contributed by atoms with E-state index in [9.17, 15) is 14.7 Å². The van der Waals surface area contributed by atoms with Gasteiger partial charge in [0.15, 0.2) is 0 Å². The van der Waals surface area contributed by atoms with E-state index < -0.39 is 17.9 Å². The number of carbonyl (C=O) groups is 2. The molecule has 0 aliphatic rings. The Morgan fingerprint density at radius 2 is 2.14 bits per heavy atom. The number of nitrogens with one attached hydrogen (secondary N) is 1. The molecule has 2 heterocycles. The fourth-order valence-electron chi connectivity index (χ4n) is 1.91. The molecule has 2 aromatic rings. The minimum absolute atomic E-state index is 0.0461. The van der Waals surface area contributed by atoms with E-state index in [4.69, 9.17) is 4.52 Å². The minimum atomic E-state index is -1.08. The van der Waals surface area contributed by atoms with Gasteiger partial charge in [0, 0.05) is 12.3 Å². The number of amides is 1. The summed E-state index contributed by atoms with van der Waals surface area (Å²) in [6, 6.07) is 5.76. The van der Waals surface area contributed by atoms with Gasteiger partial charge < -0.3 is 14.9 Å². The summed E-state index contributed by atoms with van der Waals surface area (Å²) in [5.41, 5.74) is 0.989. The van der Waals surface area contributed by atoms with Crippen LogP contribution in [0.4, 0.5) is 0 Å². The number of carboxylic acid groups (broad SMARTS) is 1. The zero-order valence-electron chi connectivity index (χ0n) is 12.3. The Bertz CT molecular complexity index is 654. The van der Waals surface area contributed by atoms with E-state index >= 15 is 0 Å². The number of nitrogens with zero attached hydrogens (tertiary/aromatic N) is 2. The molecule has 0 aliphatic carbocycles. The van der Waals surface area contributed by atoms with Crippen LogP contribution in [0.25, 0.3) is 11.4 Å². The predicted octanol–water partition coefficient (Wildman–Crippen LogP) is 1.97. The van der Waals surface area contributed by atoms with Gasteiger partial charge in [0.05, 0.1) is 5.69 Å². The number of hydrogen-bond acceptors (Lipinski definition) is 5. The molecule has 0 saturated heterocycles. The molecule has 116 valence electrons. The average molecular weight is 303 g/mol. The van der Waals surface area contributed by atoms with Crippen molar-refractivity contribution in [3.8, 4) is 11.4 Å². The fourth-order valence-corrected chi connectivity index (χ4v) is 1.91. The first-order valence-electron chi connectivity index (χ1n) is 6.94. The summed E-state index contributed by atoms with van der Waals surface area (Å²) in [4.78, 5) is 27.4. The summed E-state index contributed by atoms with van der Waals surface area (Å²) in [5.74, 6) is -1.93. The molecule has 0 radical (unpaired) electrons. The first kappa shape index (κ1) is 15.7. The first-order chi connectivity index (χ1) is 10.5. The van der Waals surface area contributed by atoms with Crippen LogP contribution in [0.5, 0.6) is 0 Å². The molecule has 7 nitrogen and oxygen atoms in total. The first-order valence-corrected chi connectivity index (χ1v) is 6.94. The predicted molar refractivity (Wildman–Crippen MR) is 78.1 cm³/mol. The van der Waals surface area contributed by atoms with Gasteiger partial charge in [0.2, 0.25) is 5.76 Å². The molecular formula is C15H17N3O4. The number of carboxylic acids is 1. The Hall–Kier alpha value is -2.70. The van der Waals surface area contributed by atoms with Crippen LogP contribution < -0.4 is 5.32 Å². The van der Waals surface area contributed by atoms with Gasteiger partial charge in [-0.1, -0.05) is 31.5 Å². The van der Waals surface area contributed by atoms with E-state index in [0.29, 0.717) is 17.8 Å². The van der Waals surface area contributed by atoms with Crippen molar-refractivity contribution in [2.75, 3.05) is 0 Å². The van der Waals surface area contributed by atoms with E-state index in [0.717, 1.165) is 0 Å². The number of aliphatic carboxylic acids is 1. The monoisotopic (exact) mass is 303 g/mol. The Labute approximate surface area is 127 Å². The van der Waals surface area contributed by atoms with Gasteiger partial charge in [0.25, 0.3) is 5.91 Å². The maximum absolute atomic E-state index is 12.1. The van der Waals surface area contributed by atoms with Crippen molar-refractivity contribution in [3.05, 3.63) is 36.2 Å². The SMILES string of the molecule is CC[C@H](C)[C@H](NC(=O)c1cc(-c2ccccn2)no1)C(=O)O. The Kier molecular flexibility index (Phi) is 4.88. The lowest BCUT2D eigenvalue weighted by Gasteiger charge is -2.19. The zero-order valence-corrected chi connectivity index (χ0v) is 12.3. The molecule has 0 spiro atoms. The van der Waals surface area contributed by atoms with E-state index in [1.807, 2.05) is 6.92 Å². The van der Waals surface area contributed by atoms with Crippen molar-refractivity contribution in [3.63, 3.8) is 0 Å². The molecule has 0 unspecified atom stereocenters. The third-order valence-electron chi connectivity index (χ3n) is 3.43. The third-order valence-corrected chi connectivity index (χ3v) is 3.43. The molecule has 0 fully saturated rings. The van der Waals surface area contributed by atoms with E-state index in [1.165, 1.54) is 6.07 Å². The van der Waals surface area contributed by atoms with Crippen LogP contribution in [0, 0.1) is 5.92 Å². The van der Waals surface area contributed by atoms with E-state index in [-0.39, 0.29) is 11.7 Å². The van der Waals surface area contributed by atoms with Crippen LogP contribution in [-0.4, -0.2) is 33.2 Å². The van der Waals surface area contributed by atoms with Crippen LogP contribution in [0.15, 0.2) is 35.0 Å². The molecule has 1 amide bonds. The van der Waals surface area contributed by atoms with Crippen LogP contribution in [0.1, 0.15) is 30.8 Å². The van der Waals surface area contributed by atoms with Gasteiger partial charge in [-0.3, -0.25) is 9.78 Å². The molecule has 0 aromatic carbocycles. The van der Waals surface area contributed by atoms with Crippen molar-refractivity contribution in [1.82, 2.24) is 15.5 Å². The lowest BCUT2D eigenvalue weighted by molar-refractivity contribution is -0.140. The van der Waals surface area contributed by atoms with Crippen LogP contribution >= 0.6 is 0 Å². The Morgan fingerprint density at radius 3 is 2.73 bits per heavy atom. The van der Waals surface area contributed by atoms with Gasteiger partial charge in [-0.05, 0) is 18.1 Å². The maximum Gasteiger partial charge on any atom is 0.326 e. The van der Waals surface area contributed by atoms with Gasteiger partial charge in [-0.25, -0.2) is 4.79 Å². The largest absolute Gasteiger partial charge is 0.480 e. The Balaban J connectivity index is 2.13. The van der Waals surface area contributed by atoms with E-state index in [2.05, 4.69) is 15.5 Å². The normalized spacial score (nSPS) is 13.4. The third kappa shape index (κ3) is 3.49. The molecule has 22 heavy (non-hydrogen) atoms. The Morgan fingerprint density at radius 1 is 1.36 bits per heavy atom. The van der Waals surface area contributed by atoms with Crippen LogP contribution in [-0.2, 0) is 4.79 Å². The molecule has 2 aromatic heterocycles. The summed E-state index contributed by atoms with van der Waals surface area (Å²) in [7, 11) is 0. The summed E-state index contributed by atoms with van der Waals surface area (Å²) in [6.45, 7) is 3.62. The smallest absolute Gasteiger partial charge is 0.326 e. The topological polar surface area (TPSA) is 105 Å². The van der Waals surface area contributed by atoms with Crippen molar-refractivity contribution in [2.45, 2.75) is 26.3 Å². The fraction of sp³-hybridized carbons (Fsp3) is 0.333. The van der Waals surface area contributed by atoms with Crippen molar-refractivity contribution in [2.24, 2.45) is 5.92 Å². The van der Waals surface area contributed by atoms with Gasteiger partial charge in [0.1, 0.15) is 11.7 Å². The van der Waals surface area contributed by atoms with Gasteiger partial charge in [-0.15, -0.1) is 0 Å². The maximum atomic E-state index is 12.1. The summed E-state index contributed by atoms with van der Waals surface area (Å²) in [5, 5.41) is 15.4. The second-order valence-electron chi connectivity index (χ2n) is 4.97. The zero-order chi connectivity index (χ0) is 16.1.